The molecule has 3 aliphatic rings. The number of thioether (sulfide) groups is 1. The van der Waals surface area contributed by atoms with E-state index in [9.17, 15) is 4.79 Å². The third kappa shape index (κ3) is 1.17. The number of carbonyl (C=O) groups excluding carboxylic acids is 1. The summed E-state index contributed by atoms with van der Waals surface area (Å²) in [5, 5.41) is 3.63. The van der Waals surface area contributed by atoms with Crippen molar-refractivity contribution in [2.24, 2.45) is 0 Å². The van der Waals surface area contributed by atoms with E-state index in [0.29, 0.717) is 5.25 Å². The third-order valence-electron chi connectivity index (χ3n) is 3.00. The lowest BCUT2D eigenvalue weighted by Gasteiger charge is -2.38. The molecule has 0 saturated carbocycles. The van der Waals surface area contributed by atoms with Crippen LogP contribution in [0, 0.1) is 0 Å². The van der Waals surface area contributed by atoms with Gasteiger partial charge in [0.1, 0.15) is 0 Å². The Kier molecular flexibility index (Phi) is 1.83. The zero-order valence-corrected chi connectivity index (χ0v) is 8.59. The highest BCUT2D eigenvalue weighted by molar-refractivity contribution is 8.14. The van der Waals surface area contributed by atoms with Gasteiger partial charge in [0.15, 0.2) is 0 Å². The van der Waals surface area contributed by atoms with Gasteiger partial charge in [-0.2, -0.15) is 0 Å². The van der Waals surface area contributed by atoms with Gasteiger partial charge in [-0.25, -0.2) is 0 Å². The van der Waals surface area contributed by atoms with E-state index in [1.165, 1.54) is 17.5 Å². The van der Waals surface area contributed by atoms with E-state index in [1.54, 1.807) is 0 Å². The summed E-state index contributed by atoms with van der Waals surface area (Å²) in [5.74, 6) is 0. The first-order valence-electron chi connectivity index (χ1n) is 4.93. The van der Waals surface area contributed by atoms with Crippen LogP contribution in [0.1, 0.15) is 6.42 Å². The Balaban J connectivity index is 1.92. The first-order valence-corrected chi connectivity index (χ1v) is 5.81. The molecular formula is C10H12N2OS. The fourth-order valence-electron chi connectivity index (χ4n) is 2.32. The van der Waals surface area contributed by atoms with Gasteiger partial charge in [-0.3, -0.25) is 4.79 Å². The molecule has 0 radical (unpaired) electrons. The van der Waals surface area contributed by atoms with Gasteiger partial charge >= 0.3 is 0 Å². The van der Waals surface area contributed by atoms with Crippen molar-refractivity contribution in [1.82, 2.24) is 10.2 Å². The zero-order valence-electron chi connectivity index (χ0n) is 7.77. The van der Waals surface area contributed by atoms with Crippen LogP contribution < -0.4 is 5.32 Å². The topological polar surface area (TPSA) is 32.3 Å². The fraction of sp³-hybridized carbons (Fsp3) is 0.500. The van der Waals surface area contributed by atoms with Gasteiger partial charge in [0.2, 0.25) is 0 Å². The smallest absolute Gasteiger partial charge is 0.279 e. The number of carbonyl (C=O) groups is 1. The summed E-state index contributed by atoms with van der Waals surface area (Å²) in [4.78, 5) is 13.6. The third-order valence-corrected chi connectivity index (χ3v) is 4.14. The molecule has 3 heterocycles. The highest BCUT2D eigenvalue weighted by Gasteiger charge is 2.40. The normalized spacial score (nSPS) is 34.7. The van der Waals surface area contributed by atoms with Crippen LogP contribution in [0.5, 0.6) is 0 Å². The second-order valence-corrected chi connectivity index (χ2v) is 5.03. The van der Waals surface area contributed by atoms with E-state index < -0.39 is 0 Å². The van der Waals surface area contributed by atoms with Gasteiger partial charge in [0, 0.05) is 24.0 Å². The summed E-state index contributed by atoms with van der Waals surface area (Å²) >= 11 is 1.46. The van der Waals surface area contributed by atoms with E-state index in [1.807, 2.05) is 0 Å². The quantitative estimate of drug-likeness (QED) is 0.652. The van der Waals surface area contributed by atoms with Crippen molar-refractivity contribution < 1.29 is 4.79 Å². The number of nitrogens with zero attached hydrogens (tertiary/aromatic N) is 1. The van der Waals surface area contributed by atoms with Crippen LogP contribution in [0.2, 0.25) is 0 Å². The van der Waals surface area contributed by atoms with Crippen LogP contribution in [0.4, 0.5) is 4.79 Å². The monoisotopic (exact) mass is 208 g/mol. The standard InChI is InChI=1S/C10H12N2OS/c13-10-11-9-7-3-1-2-5-12(7)6-4-8(9)14-10/h1-3,8-9H,4-6H2,(H,11,13). The number of rotatable bonds is 0. The molecule has 0 aliphatic carbocycles. The minimum Gasteiger partial charge on any atom is -0.369 e. The number of amides is 1. The van der Waals surface area contributed by atoms with Gasteiger partial charge in [0.05, 0.1) is 6.04 Å². The van der Waals surface area contributed by atoms with E-state index >= 15 is 0 Å². The summed E-state index contributed by atoms with van der Waals surface area (Å²) in [5.41, 5.74) is 1.29. The molecule has 2 unspecified atom stereocenters. The number of hydrogen-bond acceptors (Lipinski definition) is 3. The van der Waals surface area contributed by atoms with Gasteiger partial charge in [-0.15, -0.1) is 0 Å². The van der Waals surface area contributed by atoms with Gasteiger partial charge in [-0.1, -0.05) is 23.9 Å². The first-order chi connectivity index (χ1) is 6.84. The lowest BCUT2D eigenvalue weighted by molar-refractivity contribution is 0.252. The maximum absolute atomic E-state index is 11.3. The lowest BCUT2D eigenvalue weighted by atomic mass is 9.99. The Morgan fingerprint density at radius 3 is 3.43 bits per heavy atom. The summed E-state index contributed by atoms with van der Waals surface area (Å²) in [6.45, 7) is 2.08. The van der Waals surface area contributed by atoms with Gasteiger partial charge in [-0.05, 0) is 12.5 Å². The molecule has 1 amide bonds. The Bertz CT molecular complexity index is 337. The van der Waals surface area contributed by atoms with Crippen molar-refractivity contribution in [2.75, 3.05) is 13.1 Å². The number of piperidine rings is 1. The first kappa shape index (κ1) is 8.41. The Morgan fingerprint density at radius 2 is 2.50 bits per heavy atom. The molecule has 74 valence electrons. The summed E-state index contributed by atoms with van der Waals surface area (Å²) in [7, 11) is 0. The Hall–Kier alpha value is -0.900. The van der Waals surface area contributed by atoms with Crippen LogP contribution in [-0.4, -0.2) is 34.5 Å². The second-order valence-electron chi connectivity index (χ2n) is 3.82. The maximum atomic E-state index is 11.3. The van der Waals surface area contributed by atoms with Crippen molar-refractivity contribution in [3.05, 3.63) is 23.9 Å². The fourth-order valence-corrected chi connectivity index (χ4v) is 3.36. The van der Waals surface area contributed by atoms with E-state index in [4.69, 9.17) is 0 Å². The van der Waals surface area contributed by atoms with Crippen LogP contribution in [0.15, 0.2) is 23.9 Å². The number of allylic oxidation sites excluding steroid dienone is 2. The Morgan fingerprint density at radius 1 is 1.57 bits per heavy atom. The minimum atomic E-state index is 0.136. The van der Waals surface area contributed by atoms with Crippen molar-refractivity contribution in [3.8, 4) is 0 Å². The van der Waals surface area contributed by atoms with Crippen molar-refractivity contribution in [3.63, 3.8) is 0 Å². The maximum Gasteiger partial charge on any atom is 0.279 e. The second kappa shape index (κ2) is 3.05. The highest BCUT2D eigenvalue weighted by Crippen LogP contribution is 2.36. The average molecular weight is 208 g/mol. The number of fused-ring (bicyclic) bond motifs is 3. The van der Waals surface area contributed by atoms with E-state index in [-0.39, 0.29) is 11.3 Å². The largest absolute Gasteiger partial charge is 0.369 e. The number of hydrogen-bond donors (Lipinski definition) is 1. The molecule has 0 aromatic heterocycles. The van der Waals surface area contributed by atoms with Crippen LogP contribution in [0.3, 0.4) is 0 Å². The lowest BCUT2D eigenvalue weighted by Crippen LogP contribution is -2.47. The molecule has 1 N–H and O–H groups in total. The van der Waals surface area contributed by atoms with Crippen LogP contribution in [-0.2, 0) is 0 Å². The van der Waals surface area contributed by atoms with Crippen LogP contribution >= 0.6 is 11.8 Å². The molecule has 14 heavy (non-hydrogen) atoms. The molecule has 3 aliphatic heterocycles. The van der Waals surface area contributed by atoms with Gasteiger partial charge in [0.25, 0.3) is 5.24 Å². The SMILES string of the molecule is O=C1NC2C3=CC=CCN3CCC2S1. The average Bonchev–Trinajstić information content (AvgIpc) is 2.59. The zero-order chi connectivity index (χ0) is 9.54. The van der Waals surface area contributed by atoms with Crippen molar-refractivity contribution in [1.29, 1.82) is 0 Å². The summed E-state index contributed by atoms with van der Waals surface area (Å²) in [6.07, 6.45) is 7.49. The molecule has 3 nitrogen and oxygen atoms in total. The summed E-state index contributed by atoms with van der Waals surface area (Å²) < 4.78 is 0. The summed E-state index contributed by atoms with van der Waals surface area (Å²) in [6, 6.07) is 0.256. The Labute approximate surface area is 87.2 Å². The molecule has 2 saturated heterocycles. The van der Waals surface area contributed by atoms with E-state index in [2.05, 4.69) is 28.4 Å². The molecule has 4 heteroatoms. The number of nitrogens with one attached hydrogen (secondary N) is 1. The molecule has 2 atom stereocenters. The molecule has 2 fully saturated rings. The van der Waals surface area contributed by atoms with Crippen LogP contribution in [0.25, 0.3) is 0 Å². The molecular weight excluding hydrogens is 196 g/mol. The molecule has 0 aromatic carbocycles. The molecule has 0 spiro atoms. The van der Waals surface area contributed by atoms with Gasteiger partial charge < -0.3 is 10.2 Å². The molecule has 0 aromatic rings. The molecule has 0 bridgehead atoms. The molecule has 3 rings (SSSR count). The highest BCUT2D eigenvalue weighted by atomic mass is 32.2. The predicted molar refractivity (Wildman–Crippen MR) is 57.1 cm³/mol. The minimum absolute atomic E-state index is 0.136. The predicted octanol–water partition coefficient (Wildman–Crippen LogP) is 1.34. The van der Waals surface area contributed by atoms with Crippen molar-refractivity contribution in [2.45, 2.75) is 17.7 Å². The van der Waals surface area contributed by atoms with E-state index in [0.717, 1.165) is 19.5 Å². The van der Waals surface area contributed by atoms with Crippen molar-refractivity contribution >= 4 is 17.0 Å².